The molecule has 3 heteroatoms. The Morgan fingerprint density at radius 1 is 1.41 bits per heavy atom. The third-order valence-electron chi connectivity index (χ3n) is 4.24. The van der Waals surface area contributed by atoms with E-state index in [1.54, 1.807) is 0 Å². The highest BCUT2D eigenvalue weighted by molar-refractivity contribution is 5.05. The summed E-state index contributed by atoms with van der Waals surface area (Å²) in [5, 5.41) is 3.76. The summed E-state index contributed by atoms with van der Waals surface area (Å²) >= 11 is 0. The summed E-state index contributed by atoms with van der Waals surface area (Å²) in [7, 11) is 4.25. The van der Waals surface area contributed by atoms with E-state index in [9.17, 15) is 0 Å². The molecule has 4 unspecified atom stereocenters. The molecule has 0 aliphatic heterocycles. The van der Waals surface area contributed by atoms with Crippen molar-refractivity contribution in [1.82, 2.24) is 10.2 Å². The molecule has 1 fully saturated rings. The van der Waals surface area contributed by atoms with Crippen LogP contribution in [0.4, 0.5) is 0 Å². The number of likely N-dealkylation sites (N-methyl/N-ethyl adjacent to an activating group) is 1. The minimum absolute atomic E-state index is 0.316. The molecule has 1 aliphatic rings. The summed E-state index contributed by atoms with van der Waals surface area (Å²) < 4.78 is 5.83. The predicted molar refractivity (Wildman–Crippen MR) is 73.4 cm³/mol. The molecule has 0 amide bonds. The van der Waals surface area contributed by atoms with Gasteiger partial charge in [0.2, 0.25) is 0 Å². The molecule has 1 rings (SSSR count). The molecule has 0 saturated heterocycles. The van der Waals surface area contributed by atoms with Crippen molar-refractivity contribution in [2.24, 2.45) is 5.41 Å². The lowest BCUT2D eigenvalue weighted by atomic mass is 9.61. The van der Waals surface area contributed by atoms with Gasteiger partial charge in [-0.1, -0.05) is 13.8 Å². The van der Waals surface area contributed by atoms with Crippen molar-refractivity contribution < 1.29 is 4.74 Å². The third kappa shape index (κ3) is 3.43. The van der Waals surface area contributed by atoms with Crippen LogP contribution in [0.25, 0.3) is 0 Å². The van der Waals surface area contributed by atoms with Gasteiger partial charge in [0.15, 0.2) is 0 Å². The van der Waals surface area contributed by atoms with Crippen molar-refractivity contribution in [3.8, 4) is 0 Å². The first kappa shape index (κ1) is 14.9. The van der Waals surface area contributed by atoms with E-state index in [0.717, 1.165) is 19.6 Å². The zero-order chi connectivity index (χ0) is 13.1. The van der Waals surface area contributed by atoms with Gasteiger partial charge in [-0.05, 0) is 40.8 Å². The van der Waals surface area contributed by atoms with Crippen molar-refractivity contribution in [3.63, 3.8) is 0 Å². The van der Waals surface area contributed by atoms with Crippen molar-refractivity contribution in [1.29, 1.82) is 0 Å². The van der Waals surface area contributed by atoms with Gasteiger partial charge in [-0.3, -0.25) is 0 Å². The van der Waals surface area contributed by atoms with E-state index >= 15 is 0 Å². The number of hydrogen-bond donors (Lipinski definition) is 1. The lowest BCUT2D eigenvalue weighted by Gasteiger charge is -2.54. The standard InChI is InChI=1S/C14H30N2O/c1-7-14(4)12(9-13(14)17-8-2)15-11(3)10-16(5)6/h11-13,15H,7-10H2,1-6H3. The third-order valence-corrected chi connectivity index (χ3v) is 4.24. The minimum Gasteiger partial charge on any atom is -0.378 e. The van der Waals surface area contributed by atoms with Crippen molar-refractivity contribution in [2.75, 3.05) is 27.2 Å². The zero-order valence-electron chi connectivity index (χ0n) is 12.4. The molecule has 4 atom stereocenters. The first-order valence-corrected chi connectivity index (χ1v) is 6.96. The first-order chi connectivity index (χ1) is 7.93. The lowest BCUT2D eigenvalue weighted by Crippen LogP contribution is -2.64. The monoisotopic (exact) mass is 242 g/mol. The second kappa shape index (κ2) is 6.17. The van der Waals surface area contributed by atoms with E-state index < -0.39 is 0 Å². The van der Waals surface area contributed by atoms with Crippen LogP contribution in [0.3, 0.4) is 0 Å². The van der Waals surface area contributed by atoms with Gasteiger partial charge in [-0.2, -0.15) is 0 Å². The van der Waals surface area contributed by atoms with Crippen LogP contribution in [0.1, 0.15) is 40.5 Å². The zero-order valence-corrected chi connectivity index (χ0v) is 12.4. The van der Waals surface area contributed by atoms with Gasteiger partial charge in [0.1, 0.15) is 0 Å². The fraction of sp³-hybridized carbons (Fsp3) is 1.00. The van der Waals surface area contributed by atoms with E-state index in [4.69, 9.17) is 4.74 Å². The highest BCUT2D eigenvalue weighted by Gasteiger charge is 2.51. The molecule has 1 N–H and O–H groups in total. The fourth-order valence-corrected chi connectivity index (χ4v) is 2.95. The molecule has 0 aromatic rings. The minimum atomic E-state index is 0.316. The maximum absolute atomic E-state index is 5.83. The molecule has 1 aliphatic carbocycles. The summed E-state index contributed by atoms with van der Waals surface area (Å²) in [5.41, 5.74) is 0.316. The summed E-state index contributed by atoms with van der Waals surface area (Å²) in [5.74, 6) is 0. The van der Waals surface area contributed by atoms with Gasteiger partial charge in [0.25, 0.3) is 0 Å². The second-order valence-corrected chi connectivity index (χ2v) is 5.92. The molecular weight excluding hydrogens is 212 g/mol. The van der Waals surface area contributed by atoms with Crippen molar-refractivity contribution in [3.05, 3.63) is 0 Å². The van der Waals surface area contributed by atoms with Crippen LogP contribution in [-0.2, 0) is 4.74 Å². The Balaban J connectivity index is 2.45. The second-order valence-electron chi connectivity index (χ2n) is 5.92. The lowest BCUT2D eigenvalue weighted by molar-refractivity contribution is -0.128. The van der Waals surface area contributed by atoms with Gasteiger partial charge in [-0.25, -0.2) is 0 Å². The largest absolute Gasteiger partial charge is 0.378 e. The highest BCUT2D eigenvalue weighted by Crippen LogP contribution is 2.46. The van der Waals surface area contributed by atoms with Crippen molar-refractivity contribution in [2.45, 2.75) is 58.7 Å². The Morgan fingerprint density at radius 2 is 2.06 bits per heavy atom. The molecule has 0 aromatic carbocycles. The summed E-state index contributed by atoms with van der Waals surface area (Å²) in [4.78, 5) is 2.24. The van der Waals surface area contributed by atoms with E-state index in [1.165, 1.54) is 6.42 Å². The number of nitrogens with zero attached hydrogens (tertiary/aromatic N) is 1. The van der Waals surface area contributed by atoms with Crippen LogP contribution in [0.15, 0.2) is 0 Å². The molecule has 0 heterocycles. The molecule has 102 valence electrons. The SMILES string of the molecule is CCOC1CC(NC(C)CN(C)C)C1(C)CC. The topological polar surface area (TPSA) is 24.5 Å². The van der Waals surface area contributed by atoms with Crippen LogP contribution < -0.4 is 5.32 Å². The first-order valence-electron chi connectivity index (χ1n) is 6.96. The summed E-state index contributed by atoms with van der Waals surface area (Å²) in [6, 6.07) is 1.16. The smallest absolute Gasteiger partial charge is 0.0658 e. The molecule has 0 aromatic heterocycles. The van der Waals surface area contributed by atoms with Crippen LogP contribution >= 0.6 is 0 Å². The van der Waals surface area contributed by atoms with Gasteiger partial charge in [0, 0.05) is 30.7 Å². The van der Waals surface area contributed by atoms with Gasteiger partial charge in [-0.15, -0.1) is 0 Å². The number of ether oxygens (including phenoxy) is 1. The molecule has 3 nitrogen and oxygen atoms in total. The number of rotatable bonds is 7. The Hall–Kier alpha value is -0.120. The van der Waals surface area contributed by atoms with E-state index in [-0.39, 0.29) is 0 Å². The molecular formula is C14H30N2O. The fourth-order valence-electron chi connectivity index (χ4n) is 2.95. The Bertz CT molecular complexity index is 232. The number of hydrogen-bond acceptors (Lipinski definition) is 3. The van der Waals surface area contributed by atoms with E-state index in [1.807, 2.05) is 0 Å². The van der Waals surface area contributed by atoms with Crippen LogP contribution in [-0.4, -0.2) is 50.3 Å². The molecule has 1 saturated carbocycles. The van der Waals surface area contributed by atoms with E-state index in [0.29, 0.717) is 23.6 Å². The highest BCUT2D eigenvalue weighted by atomic mass is 16.5. The van der Waals surface area contributed by atoms with Gasteiger partial charge >= 0.3 is 0 Å². The summed E-state index contributed by atoms with van der Waals surface area (Å²) in [6.07, 6.45) is 2.79. The Morgan fingerprint density at radius 3 is 2.53 bits per heavy atom. The molecule has 0 spiro atoms. The van der Waals surface area contributed by atoms with Gasteiger partial charge in [0.05, 0.1) is 6.10 Å². The quantitative estimate of drug-likeness (QED) is 0.740. The van der Waals surface area contributed by atoms with Gasteiger partial charge < -0.3 is 15.0 Å². The maximum atomic E-state index is 5.83. The Kier molecular flexibility index (Phi) is 5.42. The molecule has 0 radical (unpaired) electrons. The normalized spacial score (nSPS) is 34.8. The Labute approximate surface area is 107 Å². The summed E-state index contributed by atoms with van der Waals surface area (Å²) in [6.45, 7) is 10.9. The van der Waals surface area contributed by atoms with Crippen LogP contribution in [0.5, 0.6) is 0 Å². The average molecular weight is 242 g/mol. The maximum Gasteiger partial charge on any atom is 0.0658 e. The van der Waals surface area contributed by atoms with Crippen molar-refractivity contribution >= 4 is 0 Å². The van der Waals surface area contributed by atoms with Crippen LogP contribution in [0, 0.1) is 5.41 Å². The number of nitrogens with one attached hydrogen (secondary N) is 1. The molecule has 17 heavy (non-hydrogen) atoms. The van der Waals surface area contributed by atoms with Crippen LogP contribution in [0.2, 0.25) is 0 Å². The predicted octanol–water partition coefficient (Wildman–Crippen LogP) is 2.12. The molecule has 0 bridgehead atoms. The van der Waals surface area contributed by atoms with E-state index in [2.05, 4.69) is 52.0 Å². The average Bonchev–Trinajstić information content (AvgIpc) is 2.25.